The number of anilines is 3. The van der Waals surface area contributed by atoms with Crippen molar-refractivity contribution in [3.05, 3.63) is 98.2 Å². The number of hydrogen-bond acceptors (Lipinski definition) is 9. The van der Waals surface area contributed by atoms with Crippen LogP contribution in [0.2, 0.25) is 0 Å². The number of nitrogens with two attached hydrogens (primary N) is 2. The highest BCUT2D eigenvalue weighted by Gasteiger charge is 2.38. The topological polar surface area (TPSA) is 140 Å². The van der Waals surface area contributed by atoms with Crippen LogP contribution in [0.5, 0.6) is 0 Å². The maximum Gasteiger partial charge on any atom is 0.267 e. The van der Waals surface area contributed by atoms with E-state index >= 15 is 0 Å². The van der Waals surface area contributed by atoms with Gasteiger partial charge in [0.1, 0.15) is 23.3 Å². The molecule has 1 saturated heterocycles. The van der Waals surface area contributed by atoms with E-state index in [1.54, 1.807) is 15.9 Å². The van der Waals surface area contributed by atoms with E-state index in [2.05, 4.69) is 27.9 Å². The lowest BCUT2D eigenvalue weighted by Crippen LogP contribution is -2.36. The summed E-state index contributed by atoms with van der Waals surface area (Å²) in [5.74, 6) is 7.21. The molecule has 0 saturated carbocycles. The van der Waals surface area contributed by atoms with Crippen molar-refractivity contribution in [2.75, 3.05) is 16.4 Å². The van der Waals surface area contributed by atoms with E-state index in [0.29, 0.717) is 40.2 Å². The van der Waals surface area contributed by atoms with Gasteiger partial charge in [0.05, 0.1) is 22.6 Å². The number of fused-ring (bicyclic) bond motifs is 1. The largest absolute Gasteiger partial charge is 0.382 e. The van der Waals surface area contributed by atoms with Crippen molar-refractivity contribution >= 4 is 39.8 Å². The van der Waals surface area contributed by atoms with Crippen molar-refractivity contribution in [2.45, 2.75) is 31.8 Å². The second-order valence-electron chi connectivity index (χ2n) is 9.53. The number of thiophene rings is 1. The van der Waals surface area contributed by atoms with E-state index in [1.807, 2.05) is 77.2 Å². The molecule has 10 heteroatoms. The van der Waals surface area contributed by atoms with Gasteiger partial charge in [0.2, 0.25) is 5.95 Å². The van der Waals surface area contributed by atoms with Gasteiger partial charge in [-0.1, -0.05) is 36.1 Å². The third kappa shape index (κ3) is 4.31. The summed E-state index contributed by atoms with van der Waals surface area (Å²) in [5.41, 5.74) is 14.7. The third-order valence-electron chi connectivity index (χ3n) is 7.06. The number of para-hydroxylation sites is 1. The van der Waals surface area contributed by atoms with Gasteiger partial charge in [-0.15, -0.1) is 0 Å². The van der Waals surface area contributed by atoms with Gasteiger partial charge >= 0.3 is 0 Å². The third-order valence-corrected chi connectivity index (χ3v) is 7.74. The maximum absolute atomic E-state index is 14.4. The van der Waals surface area contributed by atoms with Gasteiger partial charge in [0, 0.05) is 22.5 Å². The summed E-state index contributed by atoms with van der Waals surface area (Å²) >= 11 is 1.57. The molecule has 2 aromatic carbocycles. The summed E-state index contributed by atoms with van der Waals surface area (Å²) in [6.45, 7) is 2.04. The molecular formula is C30H24N8OS. The molecule has 4 heterocycles. The molecule has 0 bridgehead atoms. The summed E-state index contributed by atoms with van der Waals surface area (Å²) in [6, 6.07) is 18.6. The van der Waals surface area contributed by atoms with Crippen LogP contribution in [0.4, 0.5) is 17.6 Å². The highest BCUT2D eigenvalue weighted by atomic mass is 32.1. The molecule has 1 fully saturated rings. The van der Waals surface area contributed by atoms with Crippen LogP contribution < -0.4 is 21.9 Å². The Balaban J connectivity index is 1.61. The molecule has 0 radical (unpaired) electrons. The fraction of sp³-hybridized carbons (Fsp3) is 0.167. The highest BCUT2D eigenvalue weighted by Crippen LogP contribution is 2.41. The van der Waals surface area contributed by atoms with Gasteiger partial charge in [-0.05, 0) is 55.5 Å². The van der Waals surface area contributed by atoms with E-state index in [-0.39, 0.29) is 35.0 Å². The Morgan fingerprint density at radius 1 is 1.00 bits per heavy atom. The fourth-order valence-corrected chi connectivity index (χ4v) is 5.84. The molecule has 0 amide bonds. The van der Waals surface area contributed by atoms with E-state index in [4.69, 9.17) is 16.5 Å². The molecule has 2 atom stereocenters. The fourth-order valence-electron chi connectivity index (χ4n) is 5.25. The van der Waals surface area contributed by atoms with Gasteiger partial charge in [-0.25, -0.2) is 4.98 Å². The predicted octanol–water partition coefficient (Wildman–Crippen LogP) is 4.40. The van der Waals surface area contributed by atoms with Crippen molar-refractivity contribution in [1.29, 1.82) is 5.26 Å². The smallest absolute Gasteiger partial charge is 0.267 e. The predicted molar refractivity (Wildman–Crippen MR) is 157 cm³/mol. The number of nitrogen functional groups attached to an aromatic ring is 2. The van der Waals surface area contributed by atoms with Crippen LogP contribution in [0.1, 0.15) is 48.3 Å². The second kappa shape index (κ2) is 10.2. The summed E-state index contributed by atoms with van der Waals surface area (Å²) in [5, 5.41) is 14.3. The Labute approximate surface area is 234 Å². The Bertz CT molecular complexity index is 1900. The minimum atomic E-state index is -0.381. The van der Waals surface area contributed by atoms with Crippen LogP contribution in [0.3, 0.4) is 0 Å². The molecule has 5 aromatic rings. The molecule has 9 nitrogen and oxygen atoms in total. The molecule has 3 aromatic heterocycles. The van der Waals surface area contributed by atoms with Gasteiger partial charge in [-0.3, -0.25) is 9.36 Å². The zero-order valence-corrected chi connectivity index (χ0v) is 22.4. The quantitative estimate of drug-likeness (QED) is 0.319. The molecule has 1 aliphatic heterocycles. The Morgan fingerprint density at radius 2 is 1.82 bits per heavy atom. The van der Waals surface area contributed by atoms with Crippen molar-refractivity contribution in [1.82, 2.24) is 19.5 Å². The first kappa shape index (κ1) is 25.1. The van der Waals surface area contributed by atoms with Crippen molar-refractivity contribution < 1.29 is 0 Å². The lowest BCUT2D eigenvalue weighted by atomic mass is 10.1. The maximum atomic E-state index is 14.4. The number of nitriles is 1. The van der Waals surface area contributed by atoms with Gasteiger partial charge in [-0.2, -0.15) is 26.6 Å². The molecule has 1 aliphatic rings. The lowest BCUT2D eigenvalue weighted by Gasteiger charge is -2.31. The molecule has 196 valence electrons. The number of hydrogen-bond donors (Lipinski definition) is 2. The van der Waals surface area contributed by atoms with Crippen LogP contribution in [-0.4, -0.2) is 25.6 Å². The normalized spacial score (nSPS) is 16.4. The van der Waals surface area contributed by atoms with E-state index in [1.165, 1.54) is 0 Å². The molecule has 0 spiro atoms. The number of rotatable bonds is 3. The zero-order valence-electron chi connectivity index (χ0n) is 21.6. The average molecular weight is 545 g/mol. The molecule has 6 rings (SSSR count). The molecule has 0 unspecified atom stereocenters. The summed E-state index contributed by atoms with van der Waals surface area (Å²) < 4.78 is 1.65. The van der Waals surface area contributed by atoms with Crippen LogP contribution in [0.25, 0.3) is 16.6 Å². The first-order valence-corrected chi connectivity index (χ1v) is 13.7. The van der Waals surface area contributed by atoms with Crippen molar-refractivity contribution in [2.24, 2.45) is 0 Å². The second-order valence-corrected chi connectivity index (χ2v) is 10.3. The Hall–Kier alpha value is -5.19. The molecule has 4 N–H and O–H groups in total. The summed E-state index contributed by atoms with van der Waals surface area (Å²) in [4.78, 5) is 29.8. The van der Waals surface area contributed by atoms with Crippen LogP contribution in [0, 0.1) is 23.2 Å². The average Bonchev–Trinajstić information content (AvgIpc) is 3.61. The minimum Gasteiger partial charge on any atom is -0.382 e. The minimum absolute atomic E-state index is 0.0172. The summed E-state index contributed by atoms with van der Waals surface area (Å²) in [7, 11) is 0. The van der Waals surface area contributed by atoms with Gasteiger partial charge in [0.15, 0.2) is 5.82 Å². The van der Waals surface area contributed by atoms with Gasteiger partial charge in [0.25, 0.3) is 5.56 Å². The molecule has 40 heavy (non-hydrogen) atoms. The summed E-state index contributed by atoms with van der Waals surface area (Å²) in [6.07, 6.45) is 1.46. The van der Waals surface area contributed by atoms with E-state index in [9.17, 15) is 10.1 Å². The highest BCUT2D eigenvalue weighted by molar-refractivity contribution is 7.08. The Kier molecular flexibility index (Phi) is 6.39. The monoisotopic (exact) mass is 544 g/mol. The van der Waals surface area contributed by atoms with Crippen molar-refractivity contribution in [3.63, 3.8) is 0 Å². The molecular weight excluding hydrogens is 520 g/mol. The van der Waals surface area contributed by atoms with Crippen LogP contribution >= 0.6 is 11.3 Å². The number of nitrogens with zero attached hydrogens (tertiary/aromatic N) is 6. The Morgan fingerprint density at radius 3 is 2.58 bits per heavy atom. The lowest BCUT2D eigenvalue weighted by molar-refractivity contribution is 0.615. The standard InChI is InChI=1S/C30H24N8OS/c1-18-10-13-24(37(18)27-22(16-31)26(32)35-30(33)36-27)28-34-23-9-5-6-20(12-11-19-14-15-40-17-19)25(23)29(39)38(28)21-7-3-2-4-8-21/h2-9,14-15,17-18,24H,10,13H2,1H3,(H4,32,33,35,36)/t18-,24-/m0/s1. The van der Waals surface area contributed by atoms with E-state index in [0.717, 1.165) is 12.0 Å². The van der Waals surface area contributed by atoms with Crippen LogP contribution in [-0.2, 0) is 0 Å². The first-order valence-electron chi connectivity index (χ1n) is 12.7. The number of benzene rings is 2. The van der Waals surface area contributed by atoms with Crippen molar-refractivity contribution in [3.8, 4) is 23.6 Å². The number of aromatic nitrogens is 4. The van der Waals surface area contributed by atoms with E-state index < -0.39 is 0 Å². The van der Waals surface area contributed by atoms with Gasteiger partial charge < -0.3 is 16.4 Å². The SMILES string of the molecule is C[C@H]1CC[C@@H](c2nc3cccc(C#Cc4ccsc4)c3c(=O)n2-c2ccccc2)N1c1nc(N)nc(N)c1C#N. The van der Waals surface area contributed by atoms with Crippen LogP contribution in [0.15, 0.2) is 70.2 Å². The molecule has 0 aliphatic carbocycles. The zero-order chi connectivity index (χ0) is 27.8. The first-order chi connectivity index (χ1) is 19.5.